The second kappa shape index (κ2) is 11.4. The highest BCUT2D eigenvalue weighted by Crippen LogP contribution is 2.13. The second-order valence-corrected chi connectivity index (χ2v) is 7.11. The molecule has 0 aliphatic heterocycles. The van der Waals surface area contributed by atoms with Crippen LogP contribution in [0.4, 0.5) is 4.79 Å². The molecule has 3 N–H and O–H groups in total. The maximum absolute atomic E-state index is 12.6. The molecule has 2 aromatic carbocycles. The summed E-state index contributed by atoms with van der Waals surface area (Å²) in [5.74, 6) is -1.07. The predicted molar refractivity (Wildman–Crippen MR) is 121 cm³/mol. The van der Waals surface area contributed by atoms with Gasteiger partial charge < -0.3 is 10.1 Å². The molecule has 0 aliphatic rings. The monoisotopic (exact) mass is 451 g/mol. The lowest BCUT2D eigenvalue weighted by molar-refractivity contribution is -0.121. The van der Waals surface area contributed by atoms with Crippen molar-refractivity contribution in [2.45, 2.75) is 32.9 Å². The van der Waals surface area contributed by atoms with E-state index in [0.717, 1.165) is 5.56 Å². The van der Waals surface area contributed by atoms with E-state index in [1.165, 1.54) is 4.68 Å². The van der Waals surface area contributed by atoms with E-state index in [1.54, 1.807) is 31.2 Å². The fourth-order valence-electron chi connectivity index (χ4n) is 3.08. The topological polar surface area (TPSA) is 131 Å². The molecule has 3 amide bonds. The molecule has 0 saturated heterocycles. The fraction of sp³-hybridized carbons (Fsp3) is 0.261. The van der Waals surface area contributed by atoms with Crippen molar-refractivity contribution in [1.82, 2.24) is 25.9 Å². The quantitative estimate of drug-likeness (QED) is 0.354. The van der Waals surface area contributed by atoms with Gasteiger partial charge in [0, 0.05) is 24.9 Å². The van der Waals surface area contributed by atoms with Crippen LogP contribution in [0.15, 0.2) is 59.4 Å². The first kappa shape index (κ1) is 23.5. The van der Waals surface area contributed by atoms with Gasteiger partial charge in [-0.2, -0.15) is 5.10 Å². The van der Waals surface area contributed by atoms with Crippen molar-refractivity contribution in [3.05, 3.63) is 76.2 Å². The van der Waals surface area contributed by atoms with Gasteiger partial charge >= 0.3 is 6.09 Å². The van der Waals surface area contributed by atoms with Gasteiger partial charge in [0.15, 0.2) is 5.69 Å². The van der Waals surface area contributed by atoms with Crippen molar-refractivity contribution in [3.8, 4) is 0 Å². The normalized spacial score (nSPS) is 10.5. The Balaban J connectivity index is 1.43. The van der Waals surface area contributed by atoms with Crippen LogP contribution in [0, 0.1) is 0 Å². The lowest BCUT2D eigenvalue weighted by Gasteiger charge is -2.11. The van der Waals surface area contributed by atoms with Crippen LogP contribution in [0.1, 0.15) is 35.8 Å². The Bertz CT molecular complexity index is 1190. The number of fused-ring (bicyclic) bond motifs is 1. The zero-order valence-electron chi connectivity index (χ0n) is 18.2. The van der Waals surface area contributed by atoms with Crippen molar-refractivity contribution in [3.63, 3.8) is 0 Å². The van der Waals surface area contributed by atoms with Gasteiger partial charge in [0.05, 0.1) is 5.39 Å². The minimum absolute atomic E-state index is 0.0372. The van der Waals surface area contributed by atoms with Gasteiger partial charge in [-0.25, -0.2) is 9.48 Å². The SMILES string of the molecule is CCn1nc(C(=O)NNC(=O)CCCNC(=O)OCc2ccccc2)c2ccccc2c1=O. The zero-order chi connectivity index (χ0) is 23.6. The third-order valence-electron chi connectivity index (χ3n) is 4.76. The van der Waals surface area contributed by atoms with E-state index in [9.17, 15) is 19.2 Å². The highest BCUT2D eigenvalue weighted by Gasteiger charge is 2.16. The minimum atomic E-state index is -0.635. The number of carbonyl (C=O) groups excluding carboxylic acids is 3. The molecule has 0 atom stereocenters. The first-order chi connectivity index (χ1) is 16.0. The van der Waals surface area contributed by atoms with E-state index in [2.05, 4.69) is 21.3 Å². The maximum Gasteiger partial charge on any atom is 0.407 e. The summed E-state index contributed by atoms with van der Waals surface area (Å²) in [7, 11) is 0. The maximum atomic E-state index is 12.6. The minimum Gasteiger partial charge on any atom is -0.445 e. The number of nitrogens with zero attached hydrogens (tertiary/aromatic N) is 2. The van der Waals surface area contributed by atoms with Gasteiger partial charge in [-0.1, -0.05) is 48.5 Å². The van der Waals surface area contributed by atoms with Crippen molar-refractivity contribution >= 4 is 28.7 Å². The van der Waals surface area contributed by atoms with Crippen LogP contribution < -0.4 is 21.7 Å². The second-order valence-electron chi connectivity index (χ2n) is 7.11. The Morgan fingerprint density at radius 2 is 1.67 bits per heavy atom. The van der Waals surface area contributed by atoms with E-state index in [-0.39, 0.29) is 30.8 Å². The molecule has 1 heterocycles. The van der Waals surface area contributed by atoms with Crippen molar-refractivity contribution in [2.24, 2.45) is 0 Å². The molecule has 10 heteroatoms. The first-order valence-electron chi connectivity index (χ1n) is 10.5. The number of aromatic nitrogens is 2. The molecule has 172 valence electrons. The fourth-order valence-corrected chi connectivity index (χ4v) is 3.08. The zero-order valence-corrected chi connectivity index (χ0v) is 18.2. The average molecular weight is 451 g/mol. The van der Waals surface area contributed by atoms with Crippen molar-refractivity contribution in [1.29, 1.82) is 0 Å². The van der Waals surface area contributed by atoms with Gasteiger partial charge in [-0.15, -0.1) is 0 Å². The molecule has 0 bridgehead atoms. The molecule has 0 radical (unpaired) electrons. The smallest absolute Gasteiger partial charge is 0.407 e. The van der Waals surface area contributed by atoms with Crippen LogP contribution in [-0.2, 0) is 22.7 Å². The first-order valence-corrected chi connectivity index (χ1v) is 10.5. The Morgan fingerprint density at radius 3 is 2.39 bits per heavy atom. The third-order valence-corrected chi connectivity index (χ3v) is 4.76. The number of hydrogen-bond acceptors (Lipinski definition) is 6. The Labute approximate surface area is 189 Å². The summed E-state index contributed by atoms with van der Waals surface area (Å²) < 4.78 is 6.28. The number of benzene rings is 2. The van der Waals surface area contributed by atoms with Crippen LogP contribution in [0.2, 0.25) is 0 Å². The number of alkyl carbamates (subject to hydrolysis) is 1. The molecule has 0 unspecified atom stereocenters. The number of hydrogen-bond donors (Lipinski definition) is 3. The van der Waals surface area contributed by atoms with E-state index >= 15 is 0 Å². The van der Waals surface area contributed by atoms with E-state index in [0.29, 0.717) is 23.7 Å². The molecule has 0 aliphatic carbocycles. The number of hydrazine groups is 1. The Kier molecular flexibility index (Phi) is 8.12. The Morgan fingerprint density at radius 1 is 0.970 bits per heavy atom. The number of aryl methyl sites for hydroxylation is 1. The van der Waals surface area contributed by atoms with E-state index in [4.69, 9.17) is 4.74 Å². The van der Waals surface area contributed by atoms with E-state index in [1.807, 2.05) is 30.3 Å². The summed E-state index contributed by atoms with van der Waals surface area (Å²) in [6, 6.07) is 15.9. The van der Waals surface area contributed by atoms with Crippen LogP contribution >= 0.6 is 0 Å². The van der Waals surface area contributed by atoms with Crippen LogP contribution in [0.5, 0.6) is 0 Å². The Hall–Kier alpha value is -4.21. The molecule has 0 fully saturated rings. The number of carbonyl (C=O) groups is 3. The molecule has 3 aromatic rings. The van der Waals surface area contributed by atoms with Crippen LogP contribution in [0.25, 0.3) is 10.8 Å². The molecule has 3 rings (SSSR count). The number of ether oxygens (including phenoxy) is 1. The number of rotatable bonds is 8. The summed E-state index contributed by atoms with van der Waals surface area (Å²) in [5, 5.41) is 7.45. The lowest BCUT2D eigenvalue weighted by atomic mass is 10.1. The van der Waals surface area contributed by atoms with Crippen LogP contribution in [0.3, 0.4) is 0 Å². The van der Waals surface area contributed by atoms with Crippen molar-refractivity contribution < 1.29 is 19.1 Å². The number of nitrogens with one attached hydrogen (secondary N) is 3. The standard InChI is InChI=1S/C23H25N5O5/c1-2-28-22(31)18-12-7-6-11-17(18)20(27-28)21(30)26-25-19(29)13-8-14-24-23(32)33-15-16-9-4-3-5-10-16/h3-7,9-12H,2,8,13-15H2,1H3,(H,24,32)(H,25,29)(H,26,30). The molecule has 33 heavy (non-hydrogen) atoms. The van der Waals surface area contributed by atoms with Gasteiger partial charge in [-0.3, -0.25) is 25.2 Å². The molecule has 1 aromatic heterocycles. The van der Waals surface area contributed by atoms with Gasteiger partial charge in [0.25, 0.3) is 11.5 Å². The third kappa shape index (κ3) is 6.39. The van der Waals surface area contributed by atoms with E-state index < -0.39 is 17.9 Å². The molecule has 0 spiro atoms. The van der Waals surface area contributed by atoms with Gasteiger partial charge in [0.1, 0.15) is 6.61 Å². The molecular formula is C23H25N5O5. The summed E-state index contributed by atoms with van der Waals surface area (Å²) in [4.78, 5) is 48.7. The highest BCUT2D eigenvalue weighted by molar-refractivity contribution is 6.05. The highest BCUT2D eigenvalue weighted by atomic mass is 16.5. The van der Waals surface area contributed by atoms with Crippen LogP contribution in [-0.4, -0.2) is 34.2 Å². The number of amides is 3. The summed E-state index contributed by atoms with van der Waals surface area (Å²) in [5.41, 5.74) is 5.27. The summed E-state index contributed by atoms with van der Waals surface area (Å²) in [6.07, 6.45) is -0.150. The average Bonchev–Trinajstić information content (AvgIpc) is 2.85. The summed E-state index contributed by atoms with van der Waals surface area (Å²) in [6.45, 7) is 2.45. The van der Waals surface area contributed by atoms with Gasteiger partial charge in [0.2, 0.25) is 5.91 Å². The van der Waals surface area contributed by atoms with Gasteiger partial charge in [-0.05, 0) is 25.0 Å². The predicted octanol–water partition coefficient (Wildman–Crippen LogP) is 1.88. The lowest BCUT2D eigenvalue weighted by Crippen LogP contribution is -2.43. The summed E-state index contributed by atoms with van der Waals surface area (Å²) >= 11 is 0. The largest absolute Gasteiger partial charge is 0.445 e. The van der Waals surface area contributed by atoms with Crippen molar-refractivity contribution in [2.75, 3.05) is 6.54 Å². The molecule has 10 nitrogen and oxygen atoms in total. The molecular weight excluding hydrogens is 426 g/mol. The molecule has 0 saturated carbocycles.